The molecule has 0 radical (unpaired) electrons. The number of para-hydroxylation sites is 2. The second-order valence-electron chi connectivity index (χ2n) is 5.41. The molecule has 1 amide bonds. The minimum atomic E-state index is -0.611. The van der Waals surface area contributed by atoms with Gasteiger partial charge in [0.15, 0.2) is 0 Å². The number of benzene rings is 1. The van der Waals surface area contributed by atoms with E-state index in [1.54, 1.807) is 12.1 Å². The lowest BCUT2D eigenvalue weighted by molar-refractivity contribution is -0.116. The van der Waals surface area contributed by atoms with Crippen LogP contribution >= 0.6 is 0 Å². The Morgan fingerprint density at radius 2 is 2.26 bits per heavy atom. The van der Waals surface area contributed by atoms with Crippen molar-refractivity contribution in [2.75, 3.05) is 30.7 Å². The lowest BCUT2D eigenvalue weighted by Crippen LogP contribution is -2.31. The van der Waals surface area contributed by atoms with E-state index in [9.17, 15) is 9.90 Å². The molecule has 4 N–H and O–H groups in total. The van der Waals surface area contributed by atoms with Crippen LogP contribution < -0.4 is 11.1 Å². The van der Waals surface area contributed by atoms with Crippen LogP contribution in [0.5, 0.6) is 0 Å². The number of β-amino-alcohol motifs (C(OH)–C–C–N with tert-alkyl or cyclic N) is 1. The molecular formula is C14H21N3O2. The molecule has 1 atom stereocenters. The van der Waals surface area contributed by atoms with E-state index >= 15 is 0 Å². The molecule has 104 valence electrons. The van der Waals surface area contributed by atoms with Crippen LogP contribution in [0.1, 0.15) is 19.8 Å². The van der Waals surface area contributed by atoms with Gasteiger partial charge in [-0.25, -0.2) is 0 Å². The number of carbonyl (C=O) groups excluding carboxylic acids is 1. The number of aliphatic hydroxyl groups is 1. The smallest absolute Gasteiger partial charge is 0.225 e. The highest BCUT2D eigenvalue weighted by Crippen LogP contribution is 2.20. The first-order valence-electron chi connectivity index (χ1n) is 6.55. The molecule has 1 aromatic rings. The predicted molar refractivity (Wildman–Crippen MR) is 75.8 cm³/mol. The fraction of sp³-hybridized carbons (Fsp3) is 0.500. The Morgan fingerprint density at radius 3 is 2.89 bits per heavy atom. The zero-order valence-corrected chi connectivity index (χ0v) is 11.2. The summed E-state index contributed by atoms with van der Waals surface area (Å²) in [5.41, 5.74) is 6.38. The molecule has 1 saturated heterocycles. The number of nitrogens with one attached hydrogen (secondary N) is 1. The molecule has 1 fully saturated rings. The molecule has 1 aromatic carbocycles. The Balaban J connectivity index is 1.78. The summed E-state index contributed by atoms with van der Waals surface area (Å²) in [4.78, 5) is 13.9. The molecule has 1 unspecified atom stereocenters. The number of anilines is 2. The maximum atomic E-state index is 11.8. The van der Waals surface area contributed by atoms with Crippen LogP contribution in [-0.2, 0) is 4.79 Å². The lowest BCUT2D eigenvalue weighted by atomic mass is 10.1. The molecule has 0 aliphatic carbocycles. The third-order valence-electron chi connectivity index (χ3n) is 3.42. The first kappa shape index (κ1) is 13.8. The van der Waals surface area contributed by atoms with Gasteiger partial charge in [-0.05, 0) is 25.5 Å². The average molecular weight is 263 g/mol. The van der Waals surface area contributed by atoms with Crippen LogP contribution in [0.15, 0.2) is 24.3 Å². The van der Waals surface area contributed by atoms with Crippen molar-refractivity contribution >= 4 is 17.3 Å². The average Bonchev–Trinajstić information content (AvgIpc) is 2.69. The Kier molecular flexibility index (Phi) is 4.07. The summed E-state index contributed by atoms with van der Waals surface area (Å²) in [7, 11) is 0. The predicted octanol–water partition coefficient (Wildman–Crippen LogP) is 1.05. The summed E-state index contributed by atoms with van der Waals surface area (Å²) in [6, 6.07) is 7.21. The number of carbonyl (C=O) groups is 1. The number of amides is 1. The highest BCUT2D eigenvalue weighted by atomic mass is 16.3. The molecule has 5 heteroatoms. The van der Waals surface area contributed by atoms with E-state index in [-0.39, 0.29) is 5.91 Å². The fourth-order valence-corrected chi connectivity index (χ4v) is 2.31. The number of rotatable bonds is 4. The molecule has 1 heterocycles. The van der Waals surface area contributed by atoms with Gasteiger partial charge < -0.3 is 16.2 Å². The minimum Gasteiger partial charge on any atom is -0.397 e. The van der Waals surface area contributed by atoms with Crippen molar-refractivity contribution in [2.24, 2.45) is 0 Å². The van der Waals surface area contributed by atoms with E-state index in [0.717, 1.165) is 13.0 Å². The van der Waals surface area contributed by atoms with E-state index < -0.39 is 5.60 Å². The first-order valence-corrected chi connectivity index (χ1v) is 6.55. The van der Waals surface area contributed by atoms with E-state index in [2.05, 4.69) is 10.2 Å². The highest BCUT2D eigenvalue weighted by molar-refractivity contribution is 5.93. The van der Waals surface area contributed by atoms with Gasteiger partial charge in [-0.15, -0.1) is 0 Å². The number of hydrogen-bond donors (Lipinski definition) is 3. The molecular weight excluding hydrogens is 242 g/mol. The second-order valence-corrected chi connectivity index (χ2v) is 5.41. The lowest BCUT2D eigenvalue weighted by Gasteiger charge is -2.18. The topological polar surface area (TPSA) is 78.6 Å². The number of nitrogens with zero attached hydrogens (tertiary/aromatic N) is 1. The van der Waals surface area contributed by atoms with Crippen LogP contribution in [0.2, 0.25) is 0 Å². The summed E-state index contributed by atoms with van der Waals surface area (Å²) in [5.74, 6) is -0.0514. The van der Waals surface area contributed by atoms with Gasteiger partial charge in [0.1, 0.15) is 0 Å². The number of hydrogen-bond acceptors (Lipinski definition) is 4. The van der Waals surface area contributed by atoms with Crippen molar-refractivity contribution in [2.45, 2.75) is 25.4 Å². The Bertz CT molecular complexity index is 460. The molecule has 0 spiro atoms. The zero-order valence-electron chi connectivity index (χ0n) is 11.2. The van der Waals surface area contributed by atoms with E-state index in [4.69, 9.17) is 5.73 Å². The van der Waals surface area contributed by atoms with Crippen molar-refractivity contribution in [1.29, 1.82) is 0 Å². The van der Waals surface area contributed by atoms with Crippen molar-refractivity contribution in [3.05, 3.63) is 24.3 Å². The summed E-state index contributed by atoms with van der Waals surface area (Å²) in [6.45, 7) is 3.97. The van der Waals surface area contributed by atoms with Crippen molar-refractivity contribution < 1.29 is 9.90 Å². The van der Waals surface area contributed by atoms with Crippen molar-refractivity contribution in [1.82, 2.24) is 4.90 Å². The molecule has 0 saturated carbocycles. The molecule has 0 aromatic heterocycles. The van der Waals surface area contributed by atoms with Crippen LogP contribution in [-0.4, -0.2) is 41.1 Å². The number of nitrogen functional groups attached to an aromatic ring is 1. The first-order chi connectivity index (χ1) is 8.96. The molecule has 1 aliphatic rings. The molecule has 0 bridgehead atoms. The van der Waals surface area contributed by atoms with Gasteiger partial charge >= 0.3 is 0 Å². The molecule has 19 heavy (non-hydrogen) atoms. The van der Waals surface area contributed by atoms with Gasteiger partial charge in [0.2, 0.25) is 5.91 Å². The van der Waals surface area contributed by atoms with Gasteiger partial charge in [-0.1, -0.05) is 12.1 Å². The molecule has 1 aliphatic heterocycles. The Labute approximate surface area is 113 Å². The van der Waals surface area contributed by atoms with E-state index in [1.807, 2.05) is 19.1 Å². The van der Waals surface area contributed by atoms with Crippen LogP contribution in [0.4, 0.5) is 11.4 Å². The monoisotopic (exact) mass is 263 g/mol. The van der Waals surface area contributed by atoms with Crippen molar-refractivity contribution in [3.8, 4) is 0 Å². The van der Waals surface area contributed by atoms with Gasteiger partial charge in [0.25, 0.3) is 0 Å². The highest BCUT2D eigenvalue weighted by Gasteiger charge is 2.30. The third kappa shape index (κ3) is 3.94. The maximum Gasteiger partial charge on any atom is 0.225 e. The van der Waals surface area contributed by atoms with Crippen LogP contribution in [0.3, 0.4) is 0 Å². The van der Waals surface area contributed by atoms with E-state index in [0.29, 0.717) is 30.9 Å². The molecule has 2 rings (SSSR count). The summed E-state index contributed by atoms with van der Waals surface area (Å²) >= 11 is 0. The Morgan fingerprint density at radius 1 is 1.53 bits per heavy atom. The normalized spacial score (nSPS) is 23.5. The summed E-state index contributed by atoms with van der Waals surface area (Å²) in [6.07, 6.45) is 1.17. The third-order valence-corrected chi connectivity index (χ3v) is 3.42. The van der Waals surface area contributed by atoms with Crippen molar-refractivity contribution in [3.63, 3.8) is 0 Å². The fourth-order valence-electron chi connectivity index (χ4n) is 2.31. The van der Waals surface area contributed by atoms with Crippen LogP contribution in [0, 0.1) is 0 Å². The van der Waals surface area contributed by atoms with E-state index in [1.165, 1.54) is 0 Å². The quantitative estimate of drug-likeness (QED) is 0.710. The zero-order chi connectivity index (χ0) is 13.9. The van der Waals surface area contributed by atoms with Gasteiger partial charge in [-0.3, -0.25) is 9.69 Å². The number of nitrogens with two attached hydrogens (primary N) is 1. The second kappa shape index (κ2) is 5.59. The Hall–Kier alpha value is -1.59. The molecule has 5 nitrogen and oxygen atoms in total. The number of likely N-dealkylation sites (tertiary alicyclic amines) is 1. The SMILES string of the molecule is CC1(O)CCN(CCC(=O)Nc2ccccc2N)C1. The summed E-state index contributed by atoms with van der Waals surface area (Å²) < 4.78 is 0. The summed E-state index contributed by atoms with van der Waals surface area (Å²) in [5, 5.41) is 12.6. The standard InChI is InChI=1S/C14H21N3O2/c1-14(19)7-9-17(10-14)8-6-13(18)16-12-5-3-2-4-11(12)15/h2-5,19H,6-10,15H2,1H3,(H,16,18). The van der Waals surface area contributed by atoms with Gasteiger partial charge in [0.05, 0.1) is 17.0 Å². The largest absolute Gasteiger partial charge is 0.397 e. The van der Waals surface area contributed by atoms with Gasteiger partial charge in [-0.2, -0.15) is 0 Å². The van der Waals surface area contributed by atoms with Crippen LogP contribution in [0.25, 0.3) is 0 Å². The van der Waals surface area contributed by atoms with Gasteiger partial charge in [0, 0.05) is 26.1 Å². The maximum absolute atomic E-state index is 11.8. The minimum absolute atomic E-state index is 0.0514.